The fourth-order valence-electron chi connectivity index (χ4n) is 1.10. The highest BCUT2D eigenvalue weighted by atomic mass is 19.3. The molecule has 90 valence electrons. The summed E-state index contributed by atoms with van der Waals surface area (Å²) in [6.07, 6.45) is -0.945. The first-order valence-electron chi connectivity index (χ1n) is 4.70. The zero-order valence-corrected chi connectivity index (χ0v) is 8.44. The standard InChI is InChI=1S/C10H13F2NO3/c11-10(12)16-9-4-2-1-3-8(9)13-5-7(15)6-14/h1-4,7,10,13-15H,5-6H2/t7-/m0/s1. The maximum Gasteiger partial charge on any atom is 0.387 e. The molecular weight excluding hydrogens is 220 g/mol. The van der Waals surface area contributed by atoms with Gasteiger partial charge in [0.15, 0.2) is 0 Å². The Balaban J connectivity index is 2.63. The van der Waals surface area contributed by atoms with Crippen LogP contribution in [0.4, 0.5) is 14.5 Å². The van der Waals surface area contributed by atoms with Crippen LogP contribution in [0, 0.1) is 0 Å². The summed E-state index contributed by atoms with van der Waals surface area (Å²) in [5.74, 6) is 0.00244. The summed E-state index contributed by atoms with van der Waals surface area (Å²) in [7, 11) is 0. The van der Waals surface area contributed by atoms with Crippen LogP contribution in [0.2, 0.25) is 0 Å². The molecule has 0 heterocycles. The molecule has 0 spiro atoms. The largest absolute Gasteiger partial charge is 0.433 e. The van der Waals surface area contributed by atoms with Gasteiger partial charge in [-0.15, -0.1) is 0 Å². The van der Waals surface area contributed by atoms with Crippen LogP contribution in [0.3, 0.4) is 0 Å². The van der Waals surface area contributed by atoms with Crippen molar-refractivity contribution in [3.05, 3.63) is 24.3 Å². The van der Waals surface area contributed by atoms with E-state index in [1.165, 1.54) is 6.07 Å². The van der Waals surface area contributed by atoms with Crippen LogP contribution in [0.5, 0.6) is 5.75 Å². The fraction of sp³-hybridized carbons (Fsp3) is 0.400. The Morgan fingerprint density at radius 2 is 2.00 bits per heavy atom. The van der Waals surface area contributed by atoms with E-state index in [0.29, 0.717) is 5.69 Å². The third-order valence-corrected chi connectivity index (χ3v) is 1.84. The highest BCUT2D eigenvalue weighted by Gasteiger charge is 2.09. The maximum atomic E-state index is 12.0. The quantitative estimate of drug-likeness (QED) is 0.687. The number of nitrogens with one attached hydrogen (secondary N) is 1. The van der Waals surface area contributed by atoms with Crippen molar-refractivity contribution in [2.75, 3.05) is 18.5 Å². The molecular formula is C10H13F2NO3. The van der Waals surface area contributed by atoms with E-state index in [4.69, 9.17) is 10.2 Å². The molecule has 1 aromatic carbocycles. The first-order valence-corrected chi connectivity index (χ1v) is 4.70. The van der Waals surface area contributed by atoms with Gasteiger partial charge >= 0.3 is 6.61 Å². The lowest BCUT2D eigenvalue weighted by atomic mass is 10.2. The Morgan fingerprint density at radius 1 is 1.31 bits per heavy atom. The zero-order valence-electron chi connectivity index (χ0n) is 8.44. The van der Waals surface area contributed by atoms with Crippen molar-refractivity contribution in [1.82, 2.24) is 0 Å². The van der Waals surface area contributed by atoms with E-state index in [-0.39, 0.29) is 12.3 Å². The summed E-state index contributed by atoms with van der Waals surface area (Å²) in [6.45, 7) is -3.24. The van der Waals surface area contributed by atoms with Gasteiger partial charge < -0.3 is 20.3 Å². The number of benzene rings is 1. The van der Waals surface area contributed by atoms with Gasteiger partial charge in [0, 0.05) is 6.54 Å². The number of ether oxygens (including phenoxy) is 1. The number of aliphatic hydroxyl groups excluding tert-OH is 2. The second kappa shape index (κ2) is 6.24. The van der Waals surface area contributed by atoms with E-state index in [0.717, 1.165) is 0 Å². The first-order chi connectivity index (χ1) is 7.63. The predicted molar refractivity (Wildman–Crippen MR) is 54.7 cm³/mol. The molecule has 0 saturated heterocycles. The number of anilines is 1. The van der Waals surface area contributed by atoms with E-state index in [1.54, 1.807) is 18.2 Å². The molecule has 3 N–H and O–H groups in total. The van der Waals surface area contributed by atoms with Gasteiger partial charge in [0.1, 0.15) is 5.75 Å². The number of aliphatic hydroxyl groups is 2. The predicted octanol–water partition coefficient (Wildman–Crippen LogP) is 1.05. The molecule has 0 amide bonds. The van der Waals surface area contributed by atoms with E-state index >= 15 is 0 Å². The summed E-state index contributed by atoms with van der Waals surface area (Å²) in [6, 6.07) is 6.14. The summed E-state index contributed by atoms with van der Waals surface area (Å²) < 4.78 is 28.3. The number of halogens is 2. The number of para-hydroxylation sites is 2. The van der Waals surface area contributed by atoms with Gasteiger partial charge in [0.05, 0.1) is 18.4 Å². The molecule has 0 unspecified atom stereocenters. The number of hydrogen-bond acceptors (Lipinski definition) is 4. The summed E-state index contributed by atoms with van der Waals surface area (Å²) >= 11 is 0. The smallest absolute Gasteiger partial charge is 0.387 e. The Kier molecular flexibility index (Phi) is 4.94. The lowest BCUT2D eigenvalue weighted by Crippen LogP contribution is -2.23. The van der Waals surface area contributed by atoms with Crippen molar-refractivity contribution in [3.63, 3.8) is 0 Å². The minimum Gasteiger partial charge on any atom is -0.433 e. The highest BCUT2D eigenvalue weighted by molar-refractivity contribution is 5.56. The van der Waals surface area contributed by atoms with Crippen molar-refractivity contribution >= 4 is 5.69 Å². The van der Waals surface area contributed by atoms with Gasteiger partial charge in [0.25, 0.3) is 0 Å². The molecule has 1 aromatic rings. The minimum atomic E-state index is -2.90. The summed E-state index contributed by atoms with van der Waals surface area (Å²) in [4.78, 5) is 0. The molecule has 0 bridgehead atoms. The molecule has 0 aromatic heterocycles. The normalized spacial score (nSPS) is 12.6. The van der Waals surface area contributed by atoms with Gasteiger partial charge in [-0.3, -0.25) is 0 Å². The molecule has 0 aliphatic carbocycles. The van der Waals surface area contributed by atoms with Gasteiger partial charge in [-0.2, -0.15) is 8.78 Å². The van der Waals surface area contributed by atoms with Crippen molar-refractivity contribution in [2.45, 2.75) is 12.7 Å². The average molecular weight is 233 g/mol. The Bertz CT molecular complexity index is 323. The molecule has 0 saturated carbocycles. The second-order valence-electron chi connectivity index (χ2n) is 3.09. The molecule has 0 aliphatic rings. The number of hydrogen-bond donors (Lipinski definition) is 3. The first kappa shape index (κ1) is 12.7. The van der Waals surface area contributed by atoms with E-state index in [2.05, 4.69) is 10.1 Å². The monoisotopic (exact) mass is 233 g/mol. The molecule has 0 aliphatic heterocycles. The van der Waals surface area contributed by atoms with Crippen LogP contribution in [-0.2, 0) is 0 Å². The van der Waals surface area contributed by atoms with Crippen LogP contribution >= 0.6 is 0 Å². The van der Waals surface area contributed by atoms with Gasteiger partial charge in [-0.05, 0) is 12.1 Å². The number of rotatable bonds is 6. The van der Waals surface area contributed by atoms with Gasteiger partial charge in [-0.1, -0.05) is 12.1 Å². The van der Waals surface area contributed by atoms with E-state index in [1.807, 2.05) is 0 Å². The topological polar surface area (TPSA) is 61.7 Å². The van der Waals surface area contributed by atoms with Crippen molar-refractivity contribution in [1.29, 1.82) is 0 Å². The van der Waals surface area contributed by atoms with Crippen molar-refractivity contribution < 1.29 is 23.7 Å². The third kappa shape index (κ3) is 4.00. The van der Waals surface area contributed by atoms with E-state index < -0.39 is 19.3 Å². The zero-order chi connectivity index (χ0) is 12.0. The summed E-state index contributed by atoms with van der Waals surface area (Å²) in [5, 5.41) is 20.4. The highest BCUT2D eigenvalue weighted by Crippen LogP contribution is 2.25. The van der Waals surface area contributed by atoms with Crippen LogP contribution in [0.1, 0.15) is 0 Å². The molecule has 4 nitrogen and oxygen atoms in total. The van der Waals surface area contributed by atoms with Crippen LogP contribution in [0.15, 0.2) is 24.3 Å². The molecule has 16 heavy (non-hydrogen) atoms. The summed E-state index contributed by atoms with van der Waals surface area (Å²) in [5.41, 5.74) is 0.343. The van der Waals surface area contributed by atoms with Gasteiger partial charge in [-0.25, -0.2) is 0 Å². The van der Waals surface area contributed by atoms with Crippen molar-refractivity contribution in [3.8, 4) is 5.75 Å². The molecule has 1 atom stereocenters. The Morgan fingerprint density at radius 3 is 2.62 bits per heavy atom. The lowest BCUT2D eigenvalue weighted by molar-refractivity contribution is -0.0493. The third-order valence-electron chi connectivity index (χ3n) is 1.84. The van der Waals surface area contributed by atoms with Crippen LogP contribution in [-0.4, -0.2) is 36.1 Å². The second-order valence-corrected chi connectivity index (χ2v) is 3.09. The average Bonchev–Trinajstić information content (AvgIpc) is 2.26. The Hall–Kier alpha value is -1.40. The lowest BCUT2D eigenvalue weighted by Gasteiger charge is -2.14. The van der Waals surface area contributed by atoms with Crippen LogP contribution in [0.25, 0.3) is 0 Å². The molecule has 0 radical (unpaired) electrons. The van der Waals surface area contributed by atoms with Gasteiger partial charge in [0.2, 0.25) is 0 Å². The maximum absolute atomic E-state index is 12.0. The number of alkyl halides is 2. The molecule has 0 fully saturated rings. The molecule has 6 heteroatoms. The molecule has 1 rings (SSSR count). The minimum absolute atomic E-state index is 0.00244. The Labute approximate surface area is 91.5 Å². The SMILES string of the molecule is OC[C@@H](O)CNc1ccccc1OC(F)F. The fourth-order valence-corrected chi connectivity index (χ4v) is 1.10. The van der Waals surface area contributed by atoms with E-state index in [9.17, 15) is 8.78 Å². The van der Waals surface area contributed by atoms with Crippen LogP contribution < -0.4 is 10.1 Å². The van der Waals surface area contributed by atoms with Crippen molar-refractivity contribution in [2.24, 2.45) is 0 Å².